The van der Waals surface area contributed by atoms with Gasteiger partial charge in [-0.3, -0.25) is 14.3 Å². The molecule has 1 aromatic heterocycles. The molecule has 1 aromatic carbocycles. The van der Waals surface area contributed by atoms with Gasteiger partial charge < -0.3 is 10.2 Å². The molecule has 1 aliphatic rings. The van der Waals surface area contributed by atoms with Crippen LogP contribution in [0.3, 0.4) is 0 Å². The Hall–Kier alpha value is -2.63. The van der Waals surface area contributed by atoms with E-state index in [4.69, 9.17) is 0 Å². The van der Waals surface area contributed by atoms with E-state index in [0.717, 1.165) is 34.7 Å². The first-order valence-corrected chi connectivity index (χ1v) is 9.01. The highest BCUT2D eigenvalue weighted by Gasteiger charge is 2.28. The molecule has 0 radical (unpaired) electrons. The average Bonchev–Trinajstić information content (AvgIpc) is 3.03. The van der Waals surface area contributed by atoms with Crippen molar-refractivity contribution in [1.29, 1.82) is 0 Å². The molecule has 138 valence electrons. The van der Waals surface area contributed by atoms with Crippen LogP contribution in [-0.4, -0.2) is 27.6 Å². The molecule has 1 aliphatic heterocycles. The van der Waals surface area contributed by atoms with Crippen molar-refractivity contribution in [3.8, 4) is 0 Å². The van der Waals surface area contributed by atoms with E-state index in [9.17, 15) is 9.59 Å². The molecule has 0 aliphatic carbocycles. The van der Waals surface area contributed by atoms with Gasteiger partial charge in [0.15, 0.2) is 0 Å². The summed E-state index contributed by atoms with van der Waals surface area (Å²) in [7, 11) is 0. The SMILES string of the molecule is CC(=O)N1c2ccc(NC(=O)CCn3nc(C)c(C)c3C)cc2CC1C. The molecule has 6 nitrogen and oxygen atoms in total. The van der Waals surface area contributed by atoms with Gasteiger partial charge in [0.1, 0.15) is 0 Å². The van der Waals surface area contributed by atoms with Gasteiger partial charge in [-0.2, -0.15) is 5.10 Å². The van der Waals surface area contributed by atoms with Crippen LogP contribution in [0.5, 0.6) is 0 Å². The molecule has 0 saturated carbocycles. The highest BCUT2D eigenvalue weighted by atomic mass is 16.2. The van der Waals surface area contributed by atoms with Crippen molar-refractivity contribution in [1.82, 2.24) is 9.78 Å². The topological polar surface area (TPSA) is 67.2 Å². The number of nitrogens with one attached hydrogen (secondary N) is 1. The highest BCUT2D eigenvalue weighted by Crippen LogP contribution is 2.34. The highest BCUT2D eigenvalue weighted by molar-refractivity contribution is 5.96. The second-order valence-corrected chi connectivity index (χ2v) is 7.10. The smallest absolute Gasteiger partial charge is 0.226 e. The molecule has 0 fully saturated rings. The Morgan fingerprint density at radius 3 is 2.62 bits per heavy atom. The van der Waals surface area contributed by atoms with Crippen LogP contribution in [0.15, 0.2) is 18.2 Å². The van der Waals surface area contributed by atoms with Gasteiger partial charge in [0.05, 0.1) is 5.69 Å². The minimum absolute atomic E-state index is 0.0374. The quantitative estimate of drug-likeness (QED) is 0.917. The van der Waals surface area contributed by atoms with Crippen molar-refractivity contribution in [2.75, 3.05) is 10.2 Å². The summed E-state index contributed by atoms with van der Waals surface area (Å²) in [5.41, 5.74) is 6.10. The van der Waals surface area contributed by atoms with E-state index < -0.39 is 0 Å². The maximum absolute atomic E-state index is 12.3. The Morgan fingerprint density at radius 2 is 2.00 bits per heavy atom. The lowest BCUT2D eigenvalue weighted by molar-refractivity contribution is -0.117. The summed E-state index contributed by atoms with van der Waals surface area (Å²) in [6.07, 6.45) is 1.18. The van der Waals surface area contributed by atoms with Gasteiger partial charge in [-0.25, -0.2) is 0 Å². The number of carbonyl (C=O) groups is 2. The predicted octanol–water partition coefficient (Wildman–Crippen LogP) is 3.13. The van der Waals surface area contributed by atoms with Gasteiger partial charge in [0, 0.05) is 43.0 Å². The third kappa shape index (κ3) is 3.36. The van der Waals surface area contributed by atoms with Crippen LogP contribution < -0.4 is 10.2 Å². The maximum Gasteiger partial charge on any atom is 0.226 e. The number of carbonyl (C=O) groups excluding carboxylic acids is 2. The van der Waals surface area contributed by atoms with Crippen molar-refractivity contribution in [2.45, 2.75) is 60.0 Å². The molecule has 6 heteroatoms. The molecule has 0 spiro atoms. The molecular weight excluding hydrogens is 328 g/mol. The zero-order valence-corrected chi connectivity index (χ0v) is 16.1. The lowest BCUT2D eigenvalue weighted by Gasteiger charge is -2.20. The number of fused-ring (bicyclic) bond motifs is 1. The number of anilines is 2. The van der Waals surface area contributed by atoms with E-state index in [1.54, 1.807) is 6.92 Å². The van der Waals surface area contributed by atoms with E-state index in [-0.39, 0.29) is 17.9 Å². The van der Waals surface area contributed by atoms with E-state index in [1.165, 1.54) is 5.56 Å². The van der Waals surface area contributed by atoms with Crippen LogP contribution in [0, 0.1) is 20.8 Å². The number of aromatic nitrogens is 2. The summed E-state index contributed by atoms with van der Waals surface area (Å²) >= 11 is 0. The standard InChI is InChI=1S/C20H26N4O2/c1-12-10-17-11-18(6-7-19(17)24(12)16(5)25)21-20(26)8-9-23-15(4)13(2)14(3)22-23/h6-7,11-12H,8-10H2,1-5H3,(H,21,26). The van der Waals surface area contributed by atoms with Gasteiger partial charge in [0.2, 0.25) is 11.8 Å². The Kier molecular flexibility index (Phi) is 4.85. The first-order chi connectivity index (χ1) is 12.3. The van der Waals surface area contributed by atoms with Crippen LogP contribution in [0.25, 0.3) is 0 Å². The number of benzene rings is 1. The molecule has 26 heavy (non-hydrogen) atoms. The van der Waals surface area contributed by atoms with Gasteiger partial charge in [-0.1, -0.05) is 0 Å². The zero-order chi connectivity index (χ0) is 19.0. The fourth-order valence-electron chi connectivity index (χ4n) is 3.62. The third-order valence-electron chi connectivity index (χ3n) is 5.21. The fraction of sp³-hybridized carbons (Fsp3) is 0.450. The first-order valence-electron chi connectivity index (χ1n) is 9.01. The Morgan fingerprint density at radius 1 is 1.27 bits per heavy atom. The van der Waals surface area contributed by atoms with Crippen LogP contribution in [0.2, 0.25) is 0 Å². The Balaban J connectivity index is 1.64. The van der Waals surface area contributed by atoms with E-state index in [1.807, 2.05) is 55.5 Å². The van der Waals surface area contributed by atoms with Crippen molar-refractivity contribution in [2.24, 2.45) is 0 Å². The molecule has 0 bridgehead atoms. The third-order valence-corrected chi connectivity index (χ3v) is 5.21. The first kappa shape index (κ1) is 18.2. The summed E-state index contributed by atoms with van der Waals surface area (Å²) in [6, 6.07) is 5.90. The average molecular weight is 354 g/mol. The number of nitrogens with zero attached hydrogens (tertiary/aromatic N) is 3. The molecule has 2 heterocycles. The minimum atomic E-state index is -0.0374. The second kappa shape index (κ2) is 6.94. The van der Waals surface area contributed by atoms with Crippen molar-refractivity contribution < 1.29 is 9.59 Å². The van der Waals surface area contributed by atoms with Gasteiger partial charge in [0.25, 0.3) is 0 Å². The molecule has 0 saturated heterocycles. The molecule has 1 N–H and O–H groups in total. The Bertz CT molecular complexity index is 869. The minimum Gasteiger partial charge on any atom is -0.326 e. The van der Waals surface area contributed by atoms with Crippen LogP contribution >= 0.6 is 0 Å². The summed E-state index contributed by atoms with van der Waals surface area (Å²) < 4.78 is 1.89. The van der Waals surface area contributed by atoms with E-state index >= 15 is 0 Å². The maximum atomic E-state index is 12.3. The molecule has 2 amide bonds. The summed E-state index contributed by atoms with van der Waals surface area (Å²) in [6.45, 7) is 10.2. The van der Waals surface area contributed by atoms with Gasteiger partial charge >= 0.3 is 0 Å². The zero-order valence-electron chi connectivity index (χ0n) is 16.1. The molecule has 1 unspecified atom stereocenters. The summed E-state index contributed by atoms with van der Waals surface area (Å²) in [5.74, 6) is 0.0119. The fourth-order valence-corrected chi connectivity index (χ4v) is 3.62. The predicted molar refractivity (Wildman–Crippen MR) is 102 cm³/mol. The molecule has 1 atom stereocenters. The monoisotopic (exact) mass is 354 g/mol. The van der Waals surface area contributed by atoms with Crippen molar-refractivity contribution in [3.05, 3.63) is 40.7 Å². The summed E-state index contributed by atoms with van der Waals surface area (Å²) in [4.78, 5) is 25.9. The molecular formula is C20H26N4O2. The normalized spacial score (nSPS) is 15.9. The number of hydrogen-bond donors (Lipinski definition) is 1. The van der Waals surface area contributed by atoms with Gasteiger partial charge in [-0.05, 0) is 63.4 Å². The van der Waals surface area contributed by atoms with E-state index in [2.05, 4.69) is 10.4 Å². The van der Waals surface area contributed by atoms with Crippen LogP contribution in [0.1, 0.15) is 42.8 Å². The number of amides is 2. The number of hydrogen-bond acceptors (Lipinski definition) is 3. The number of aryl methyl sites for hydroxylation is 2. The molecule has 3 rings (SSSR count). The van der Waals surface area contributed by atoms with Crippen molar-refractivity contribution >= 4 is 23.2 Å². The second-order valence-electron chi connectivity index (χ2n) is 7.10. The lowest BCUT2D eigenvalue weighted by Crippen LogP contribution is -2.33. The lowest BCUT2D eigenvalue weighted by atomic mass is 10.1. The molecule has 2 aromatic rings. The summed E-state index contributed by atoms with van der Waals surface area (Å²) in [5, 5.41) is 7.43. The van der Waals surface area contributed by atoms with Crippen LogP contribution in [0.4, 0.5) is 11.4 Å². The van der Waals surface area contributed by atoms with Crippen LogP contribution in [-0.2, 0) is 22.6 Å². The van der Waals surface area contributed by atoms with E-state index in [0.29, 0.717) is 13.0 Å². The Labute approximate surface area is 154 Å². The largest absolute Gasteiger partial charge is 0.326 e. The van der Waals surface area contributed by atoms with Gasteiger partial charge in [-0.15, -0.1) is 0 Å². The van der Waals surface area contributed by atoms with Crippen molar-refractivity contribution in [3.63, 3.8) is 0 Å². The number of rotatable bonds is 4.